The van der Waals surface area contributed by atoms with Crippen molar-refractivity contribution >= 4 is 15.9 Å². The maximum Gasteiger partial charge on any atom is 0.0488 e. The molecule has 2 unspecified atom stereocenters. The summed E-state index contributed by atoms with van der Waals surface area (Å²) in [6.45, 7) is 2.95. The van der Waals surface area contributed by atoms with E-state index in [9.17, 15) is 0 Å². The zero-order valence-corrected chi connectivity index (χ0v) is 12.0. The van der Waals surface area contributed by atoms with Crippen LogP contribution in [0, 0.1) is 5.92 Å². The lowest BCUT2D eigenvalue weighted by Crippen LogP contribution is -2.38. The predicted molar refractivity (Wildman–Crippen MR) is 74.6 cm³/mol. The molecule has 0 heterocycles. The standard InChI is InChI=1S/C13H21BrN2O/c1-10(9-17-2)7-12(16-15)8-11-5-3-4-6-13(11)14/h3-6,10,12,16H,7-9,15H2,1-2H3. The Morgan fingerprint density at radius 2 is 2.12 bits per heavy atom. The predicted octanol–water partition coefficient (Wildman–Crippen LogP) is 2.50. The van der Waals surface area contributed by atoms with Crippen LogP contribution in [0.5, 0.6) is 0 Å². The number of ether oxygens (including phenoxy) is 1. The largest absolute Gasteiger partial charge is 0.384 e. The Hall–Kier alpha value is -0.420. The highest BCUT2D eigenvalue weighted by Gasteiger charge is 2.13. The number of methoxy groups -OCH3 is 1. The number of hydrazine groups is 1. The average Bonchev–Trinajstić information content (AvgIpc) is 2.31. The van der Waals surface area contributed by atoms with Crippen molar-refractivity contribution < 1.29 is 4.74 Å². The molecule has 0 bridgehead atoms. The fraction of sp³-hybridized carbons (Fsp3) is 0.538. The van der Waals surface area contributed by atoms with E-state index in [4.69, 9.17) is 10.6 Å². The second kappa shape index (κ2) is 7.82. The topological polar surface area (TPSA) is 47.3 Å². The molecule has 0 fully saturated rings. The Bertz CT molecular complexity index is 333. The van der Waals surface area contributed by atoms with Crippen molar-refractivity contribution in [2.75, 3.05) is 13.7 Å². The second-order valence-electron chi connectivity index (χ2n) is 4.46. The van der Waals surface area contributed by atoms with E-state index in [-0.39, 0.29) is 6.04 Å². The molecule has 0 radical (unpaired) electrons. The Labute approximate surface area is 112 Å². The molecule has 0 amide bonds. The van der Waals surface area contributed by atoms with Gasteiger partial charge in [-0.1, -0.05) is 41.1 Å². The highest BCUT2D eigenvalue weighted by molar-refractivity contribution is 9.10. The fourth-order valence-electron chi connectivity index (χ4n) is 1.98. The normalized spacial score (nSPS) is 14.6. The molecule has 2 atom stereocenters. The van der Waals surface area contributed by atoms with E-state index in [1.165, 1.54) is 5.56 Å². The summed E-state index contributed by atoms with van der Waals surface area (Å²) < 4.78 is 6.28. The molecule has 3 nitrogen and oxygen atoms in total. The number of hydrogen-bond donors (Lipinski definition) is 2. The molecule has 0 saturated heterocycles. The molecule has 1 rings (SSSR count). The van der Waals surface area contributed by atoms with Gasteiger partial charge in [-0.15, -0.1) is 0 Å². The van der Waals surface area contributed by atoms with E-state index in [0.717, 1.165) is 23.9 Å². The minimum atomic E-state index is 0.277. The summed E-state index contributed by atoms with van der Waals surface area (Å²) >= 11 is 3.56. The summed E-state index contributed by atoms with van der Waals surface area (Å²) in [5, 5.41) is 0. The van der Waals surface area contributed by atoms with Gasteiger partial charge in [0.25, 0.3) is 0 Å². The molecule has 0 aromatic heterocycles. The first-order chi connectivity index (χ1) is 8.17. The Kier molecular flexibility index (Phi) is 6.73. The lowest BCUT2D eigenvalue weighted by Gasteiger charge is -2.20. The van der Waals surface area contributed by atoms with Gasteiger partial charge in [0.05, 0.1) is 0 Å². The van der Waals surface area contributed by atoms with Crippen molar-refractivity contribution in [1.29, 1.82) is 0 Å². The Morgan fingerprint density at radius 3 is 2.71 bits per heavy atom. The van der Waals surface area contributed by atoms with Gasteiger partial charge >= 0.3 is 0 Å². The average molecular weight is 301 g/mol. The third-order valence-corrected chi connectivity index (χ3v) is 3.57. The fourth-order valence-corrected chi connectivity index (χ4v) is 2.42. The minimum absolute atomic E-state index is 0.277. The van der Waals surface area contributed by atoms with Crippen LogP contribution in [0.15, 0.2) is 28.7 Å². The Balaban J connectivity index is 2.55. The Morgan fingerprint density at radius 1 is 1.41 bits per heavy atom. The molecule has 1 aromatic rings. The van der Waals surface area contributed by atoms with Crippen molar-refractivity contribution in [3.05, 3.63) is 34.3 Å². The highest BCUT2D eigenvalue weighted by atomic mass is 79.9. The molecular formula is C13H21BrN2O. The van der Waals surface area contributed by atoms with E-state index in [1.807, 2.05) is 12.1 Å². The van der Waals surface area contributed by atoms with Crippen molar-refractivity contribution in [3.63, 3.8) is 0 Å². The van der Waals surface area contributed by atoms with Crippen molar-refractivity contribution in [2.24, 2.45) is 11.8 Å². The summed E-state index contributed by atoms with van der Waals surface area (Å²) in [6.07, 6.45) is 1.93. The van der Waals surface area contributed by atoms with Crippen LogP contribution in [0.2, 0.25) is 0 Å². The molecule has 0 aliphatic carbocycles. The molecule has 4 heteroatoms. The molecule has 0 aliphatic rings. The third kappa shape index (κ3) is 5.17. The van der Waals surface area contributed by atoms with Gasteiger partial charge in [-0.05, 0) is 30.4 Å². The molecule has 1 aromatic carbocycles. The van der Waals surface area contributed by atoms with Crippen LogP contribution in [0.25, 0.3) is 0 Å². The molecule has 3 N–H and O–H groups in total. The monoisotopic (exact) mass is 300 g/mol. The number of benzene rings is 1. The number of hydrogen-bond acceptors (Lipinski definition) is 3. The van der Waals surface area contributed by atoms with Crippen molar-refractivity contribution in [3.8, 4) is 0 Å². The van der Waals surface area contributed by atoms with E-state index in [2.05, 4.69) is 40.4 Å². The first-order valence-electron chi connectivity index (χ1n) is 5.85. The second-order valence-corrected chi connectivity index (χ2v) is 5.31. The molecule has 96 valence electrons. The van der Waals surface area contributed by atoms with Gasteiger partial charge in [0.2, 0.25) is 0 Å². The van der Waals surface area contributed by atoms with Gasteiger partial charge in [0, 0.05) is 24.2 Å². The zero-order chi connectivity index (χ0) is 12.7. The van der Waals surface area contributed by atoms with Crippen molar-refractivity contribution in [1.82, 2.24) is 5.43 Å². The highest BCUT2D eigenvalue weighted by Crippen LogP contribution is 2.19. The number of nitrogens with one attached hydrogen (secondary N) is 1. The van der Waals surface area contributed by atoms with Crippen LogP contribution in [-0.4, -0.2) is 19.8 Å². The molecule has 0 saturated carbocycles. The van der Waals surface area contributed by atoms with E-state index in [1.54, 1.807) is 7.11 Å². The van der Waals surface area contributed by atoms with Crippen LogP contribution >= 0.6 is 15.9 Å². The van der Waals surface area contributed by atoms with Crippen LogP contribution < -0.4 is 11.3 Å². The zero-order valence-electron chi connectivity index (χ0n) is 10.4. The lowest BCUT2D eigenvalue weighted by molar-refractivity contribution is 0.149. The maximum absolute atomic E-state index is 5.61. The van der Waals surface area contributed by atoms with Crippen molar-refractivity contribution in [2.45, 2.75) is 25.8 Å². The summed E-state index contributed by atoms with van der Waals surface area (Å²) in [5.41, 5.74) is 4.17. The molecule has 17 heavy (non-hydrogen) atoms. The SMILES string of the molecule is COCC(C)CC(Cc1ccccc1Br)NN. The van der Waals surface area contributed by atoms with Gasteiger partial charge < -0.3 is 4.74 Å². The quantitative estimate of drug-likeness (QED) is 0.601. The first kappa shape index (κ1) is 14.6. The number of nitrogens with two attached hydrogens (primary N) is 1. The van der Waals surface area contributed by atoms with Gasteiger partial charge in [-0.3, -0.25) is 11.3 Å². The van der Waals surface area contributed by atoms with E-state index in [0.29, 0.717) is 5.92 Å². The smallest absolute Gasteiger partial charge is 0.0488 e. The maximum atomic E-state index is 5.61. The van der Waals surface area contributed by atoms with Crippen LogP contribution in [-0.2, 0) is 11.2 Å². The summed E-state index contributed by atoms with van der Waals surface area (Å²) in [4.78, 5) is 0. The van der Waals surface area contributed by atoms with Gasteiger partial charge in [-0.25, -0.2) is 0 Å². The third-order valence-electron chi connectivity index (χ3n) is 2.80. The van der Waals surface area contributed by atoms with E-state index < -0.39 is 0 Å². The van der Waals surface area contributed by atoms with Gasteiger partial charge in [-0.2, -0.15) is 0 Å². The molecule has 0 spiro atoms. The van der Waals surface area contributed by atoms with E-state index >= 15 is 0 Å². The summed E-state index contributed by atoms with van der Waals surface area (Å²) in [5.74, 6) is 6.11. The number of halogens is 1. The van der Waals surface area contributed by atoms with Gasteiger partial charge in [0.15, 0.2) is 0 Å². The van der Waals surface area contributed by atoms with Crippen LogP contribution in [0.4, 0.5) is 0 Å². The van der Waals surface area contributed by atoms with Crippen LogP contribution in [0.1, 0.15) is 18.9 Å². The van der Waals surface area contributed by atoms with Crippen LogP contribution in [0.3, 0.4) is 0 Å². The summed E-state index contributed by atoms with van der Waals surface area (Å²) in [6, 6.07) is 8.52. The minimum Gasteiger partial charge on any atom is -0.384 e. The molecule has 0 aliphatic heterocycles. The molecular weight excluding hydrogens is 280 g/mol. The first-order valence-corrected chi connectivity index (χ1v) is 6.65. The van der Waals surface area contributed by atoms with Gasteiger partial charge in [0.1, 0.15) is 0 Å². The summed E-state index contributed by atoms with van der Waals surface area (Å²) in [7, 11) is 1.73. The number of rotatable bonds is 7. The lowest BCUT2D eigenvalue weighted by atomic mass is 9.97.